The van der Waals surface area contributed by atoms with Gasteiger partial charge in [-0.25, -0.2) is 4.39 Å². The molecule has 0 radical (unpaired) electrons. The molecular formula is C33H35FN2O4. The Balaban J connectivity index is 1.50. The Bertz CT molecular complexity index is 1390. The Kier molecular flexibility index (Phi) is 10.3. The molecule has 0 spiro atoms. The monoisotopic (exact) mass is 542 g/mol. The maximum atomic E-state index is 13.3. The van der Waals surface area contributed by atoms with Gasteiger partial charge in [0.25, 0.3) is 0 Å². The van der Waals surface area contributed by atoms with Crippen molar-refractivity contribution in [3.63, 3.8) is 0 Å². The van der Waals surface area contributed by atoms with Gasteiger partial charge in [0.2, 0.25) is 0 Å². The van der Waals surface area contributed by atoms with Crippen LogP contribution in [0.2, 0.25) is 0 Å². The number of rotatable bonds is 14. The Labute approximate surface area is 234 Å². The highest BCUT2D eigenvalue weighted by Gasteiger charge is 2.18. The number of para-hydroxylation sites is 2. The number of benzene rings is 4. The van der Waals surface area contributed by atoms with Gasteiger partial charge in [-0.1, -0.05) is 78.4 Å². The number of nitrogens with two attached hydrogens (primary N) is 1. The largest absolute Gasteiger partial charge is 0.489 e. The smallest absolute Gasteiger partial charge is 0.320 e. The van der Waals surface area contributed by atoms with Gasteiger partial charge in [-0.05, 0) is 48.7 Å². The maximum Gasteiger partial charge on any atom is 0.320 e. The third-order valence-corrected chi connectivity index (χ3v) is 6.59. The molecule has 0 heterocycles. The molecule has 0 saturated carbocycles. The van der Waals surface area contributed by atoms with E-state index in [1.54, 1.807) is 12.1 Å². The Morgan fingerprint density at radius 1 is 0.825 bits per heavy atom. The Morgan fingerprint density at radius 2 is 1.40 bits per heavy atom. The number of carboxylic acid groups (broad SMARTS) is 1. The second-order valence-corrected chi connectivity index (χ2v) is 9.85. The summed E-state index contributed by atoms with van der Waals surface area (Å²) in [6, 6.07) is 29.1. The summed E-state index contributed by atoms with van der Waals surface area (Å²) >= 11 is 0. The predicted molar refractivity (Wildman–Crippen MR) is 153 cm³/mol. The molecule has 4 aromatic carbocycles. The van der Waals surface area contributed by atoms with E-state index in [4.69, 9.17) is 15.2 Å². The average Bonchev–Trinajstić information content (AvgIpc) is 2.95. The van der Waals surface area contributed by atoms with Crippen LogP contribution in [0.1, 0.15) is 34.2 Å². The van der Waals surface area contributed by atoms with E-state index in [1.165, 1.54) is 17.7 Å². The van der Waals surface area contributed by atoms with Gasteiger partial charge in [0.15, 0.2) is 0 Å². The number of nitrogens with zero attached hydrogens (tertiary/aromatic N) is 1. The summed E-state index contributed by atoms with van der Waals surface area (Å²) in [7, 11) is 0. The van der Waals surface area contributed by atoms with E-state index in [9.17, 15) is 14.3 Å². The van der Waals surface area contributed by atoms with Gasteiger partial charge in [-0.15, -0.1) is 0 Å². The standard InChI is InChI=1S/C33H35FN2O4/c1-24-7-6-8-26(19-24)23-40-32-12-5-3-10-28(32)21-36(18-17-30(35)33(37)38)20-27-9-2-4-11-31(27)39-22-25-13-15-29(34)16-14-25/h2-16,19,30H,17-18,20-23,35H2,1H3,(H,37,38). The first kappa shape index (κ1) is 28.8. The van der Waals surface area contributed by atoms with Crippen LogP contribution in [-0.2, 0) is 31.1 Å². The molecule has 40 heavy (non-hydrogen) atoms. The summed E-state index contributed by atoms with van der Waals surface area (Å²) in [5, 5.41) is 9.35. The van der Waals surface area contributed by atoms with Crippen molar-refractivity contribution < 1.29 is 23.8 Å². The van der Waals surface area contributed by atoms with E-state index in [1.807, 2.05) is 60.7 Å². The quantitative estimate of drug-likeness (QED) is 0.200. The minimum atomic E-state index is -1.02. The van der Waals surface area contributed by atoms with Gasteiger partial charge >= 0.3 is 5.97 Å². The molecule has 3 N–H and O–H groups in total. The highest BCUT2D eigenvalue weighted by molar-refractivity contribution is 5.73. The molecule has 0 fully saturated rings. The van der Waals surface area contributed by atoms with Crippen molar-refractivity contribution in [1.82, 2.24) is 4.90 Å². The van der Waals surface area contributed by atoms with E-state index < -0.39 is 12.0 Å². The zero-order valence-electron chi connectivity index (χ0n) is 22.6. The first-order valence-corrected chi connectivity index (χ1v) is 13.3. The molecule has 1 unspecified atom stereocenters. The molecule has 0 saturated heterocycles. The molecular weight excluding hydrogens is 507 g/mol. The zero-order chi connectivity index (χ0) is 28.3. The fourth-order valence-corrected chi connectivity index (χ4v) is 4.40. The lowest BCUT2D eigenvalue weighted by Gasteiger charge is -2.25. The number of carboxylic acids is 1. The summed E-state index contributed by atoms with van der Waals surface area (Å²) in [6.45, 7) is 4.31. The number of carbonyl (C=O) groups is 1. The zero-order valence-corrected chi connectivity index (χ0v) is 22.6. The number of halogens is 1. The number of ether oxygens (including phenoxy) is 2. The van der Waals surface area contributed by atoms with Crippen LogP contribution in [0, 0.1) is 12.7 Å². The molecule has 208 valence electrons. The Morgan fingerprint density at radius 3 is 1.98 bits per heavy atom. The minimum Gasteiger partial charge on any atom is -0.489 e. The molecule has 1 atom stereocenters. The van der Waals surface area contributed by atoms with Crippen molar-refractivity contribution in [3.05, 3.63) is 131 Å². The fourth-order valence-electron chi connectivity index (χ4n) is 4.40. The van der Waals surface area contributed by atoms with Crippen molar-refractivity contribution in [2.45, 2.75) is 45.7 Å². The predicted octanol–water partition coefficient (Wildman–Crippen LogP) is 6.10. The molecule has 6 nitrogen and oxygen atoms in total. The summed E-state index contributed by atoms with van der Waals surface area (Å²) in [5.41, 5.74) is 10.9. The van der Waals surface area contributed by atoms with Crippen LogP contribution >= 0.6 is 0 Å². The highest BCUT2D eigenvalue weighted by atomic mass is 19.1. The normalized spacial score (nSPS) is 11.8. The summed E-state index contributed by atoms with van der Waals surface area (Å²) in [5.74, 6) is 0.174. The minimum absolute atomic E-state index is 0.289. The molecule has 0 amide bonds. The molecule has 7 heteroatoms. The molecule has 0 aromatic heterocycles. The summed E-state index contributed by atoms with van der Waals surface area (Å²) in [4.78, 5) is 13.6. The Hall–Kier alpha value is -4.20. The SMILES string of the molecule is Cc1cccc(COc2ccccc2CN(CCC(N)C(=O)O)Cc2ccccc2OCc2ccc(F)cc2)c1. The first-order valence-electron chi connectivity index (χ1n) is 13.3. The summed E-state index contributed by atoms with van der Waals surface area (Å²) < 4.78 is 25.6. The van der Waals surface area contributed by atoms with E-state index in [0.29, 0.717) is 45.0 Å². The number of hydrogen-bond acceptors (Lipinski definition) is 5. The molecule has 4 aromatic rings. The van der Waals surface area contributed by atoms with Gasteiger partial charge in [0.1, 0.15) is 36.6 Å². The molecule has 0 aliphatic heterocycles. The lowest BCUT2D eigenvalue weighted by atomic mass is 10.1. The molecule has 4 rings (SSSR count). The van der Waals surface area contributed by atoms with Gasteiger partial charge in [0, 0.05) is 30.8 Å². The fraction of sp³-hybridized carbons (Fsp3) is 0.242. The number of aliphatic carboxylic acids is 1. The molecule has 0 aliphatic rings. The lowest BCUT2D eigenvalue weighted by Crippen LogP contribution is -2.35. The molecule has 0 aliphatic carbocycles. The van der Waals surface area contributed by atoms with Crippen molar-refractivity contribution in [2.75, 3.05) is 6.54 Å². The third-order valence-electron chi connectivity index (χ3n) is 6.59. The van der Waals surface area contributed by atoms with Crippen LogP contribution in [-0.4, -0.2) is 28.6 Å². The van der Waals surface area contributed by atoms with Crippen LogP contribution in [0.15, 0.2) is 97.1 Å². The van der Waals surface area contributed by atoms with Crippen molar-refractivity contribution in [2.24, 2.45) is 5.73 Å². The van der Waals surface area contributed by atoms with Crippen LogP contribution in [0.3, 0.4) is 0 Å². The second kappa shape index (κ2) is 14.3. The maximum absolute atomic E-state index is 13.3. The summed E-state index contributed by atoms with van der Waals surface area (Å²) in [6.07, 6.45) is 0.292. The van der Waals surface area contributed by atoms with Gasteiger partial charge in [0.05, 0.1) is 0 Å². The number of aryl methyl sites for hydroxylation is 1. The van der Waals surface area contributed by atoms with Gasteiger partial charge < -0.3 is 20.3 Å². The lowest BCUT2D eigenvalue weighted by molar-refractivity contribution is -0.138. The highest BCUT2D eigenvalue weighted by Crippen LogP contribution is 2.26. The van der Waals surface area contributed by atoms with Crippen molar-refractivity contribution >= 4 is 5.97 Å². The van der Waals surface area contributed by atoms with Crippen LogP contribution in [0.5, 0.6) is 11.5 Å². The average molecular weight is 543 g/mol. The second-order valence-electron chi connectivity index (χ2n) is 9.85. The van der Waals surface area contributed by atoms with E-state index in [0.717, 1.165) is 28.0 Å². The molecule has 0 bridgehead atoms. The van der Waals surface area contributed by atoms with E-state index in [-0.39, 0.29) is 5.82 Å². The van der Waals surface area contributed by atoms with Gasteiger partial charge in [-0.2, -0.15) is 0 Å². The van der Waals surface area contributed by atoms with Crippen LogP contribution in [0.25, 0.3) is 0 Å². The van der Waals surface area contributed by atoms with Crippen molar-refractivity contribution in [1.29, 1.82) is 0 Å². The van der Waals surface area contributed by atoms with Crippen LogP contribution < -0.4 is 15.2 Å². The van der Waals surface area contributed by atoms with E-state index in [2.05, 4.69) is 24.0 Å². The van der Waals surface area contributed by atoms with E-state index >= 15 is 0 Å². The van der Waals surface area contributed by atoms with Crippen molar-refractivity contribution in [3.8, 4) is 11.5 Å². The van der Waals surface area contributed by atoms with Gasteiger partial charge in [-0.3, -0.25) is 9.69 Å². The number of hydrogen-bond donors (Lipinski definition) is 2. The third kappa shape index (κ3) is 8.66. The van der Waals surface area contributed by atoms with Crippen LogP contribution in [0.4, 0.5) is 4.39 Å². The first-order chi connectivity index (χ1) is 19.4. The topological polar surface area (TPSA) is 85.0 Å².